The molecular weight excluding hydrogens is 404 g/mol. The van der Waals surface area contributed by atoms with Crippen LogP contribution in [0.1, 0.15) is 41.5 Å². The number of rotatable bonds is 6. The number of likely N-dealkylation sites (tertiary alicyclic amines) is 1. The largest absolute Gasteiger partial charge is 0.493 e. The van der Waals surface area contributed by atoms with E-state index in [1.54, 1.807) is 20.4 Å². The van der Waals surface area contributed by atoms with Crippen molar-refractivity contribution in [2.75, 3.05) is 20.8 Å². The summed E-state index contributed by atoms with van der Waals surface area (Å²) in [4.78, 5) is 28.8. The lowest BCUT2D eigenvalue weighted by Crippen LogP contribution is -2.32. The van der Waals surface area contributed by atoms with Gasteiger partial charge in [-0.05, 0) is 61.6 Å². The Morgan fingerprint density at radius 1 is 1.09 bits per heavy atom. The SMILES string of the molecule is COc1ccc(CC(=O)N2CCC[C@H]2c2nc(C)ncc2-c2ccncc2C)cc1OC. The second kappa shape index (κ2) is 9.34. The van der Waals surface area contributed by atoms with E-state index in [1.807, 2.05) is 55.4 Å². The Hall–Kier alpha value is -3.48. The molecular formula is C25H28N4O3. The average Bonchev–Trinajstić information content (AvgIpc) is 3.29. The minimum absolute atomic E-state index is 0.0769. The number of benzene rings is 1. The molecule has 0 unspecified atom stereocenters. The van der Waals surface area contributed by atoms with E-state index in [9.17, 15) is 4.79 Å². The fraction of sp³-hybridized carbons (Fsp3) is 0.360. The van der Waals surface area contributed by atoms with Gasteiger partial charge in [0.2, 0.25) is 5.91 Å². The summed E-state index contributed by atoms with van der Waals surface area (Å²) < 4.78 is 10.7. The highest BCUT2D eigenvalue weighted by Gasteiger charge is 2.33. The van der Waals surface area contributed by atoms with Crippen molar-refractivity contribution >= 4 is 5.91 Å². The average molecular weight is 433 g/mol. The van der Waals surface area contributed by atoms with Crippen molar-refractivity contribution in [3.8, 4) is 22.6 Å². The van der Waals surface area contributed by atoms with E-state index < -0.39 is 0 Å². The predicted octanol–water partition coefficient (Wildman–Crippen LogP) is 4.08. The molecule has 0 N–H and O–H groups in total. The summed E-state index contributed by atoms with van der Waals surface area (Å²) in [5.41, 5.74) is 4.87. The first-order chi connectivity index (χ1) is 15.5. The van der Waals surface area contributed by atoms with Gasteiger partial charge in [-0.1, -0.05) is 6.07 Å². The van der Waals surface area contributed by atoms with Crippen LogP contribution in [0.15, 0.2) is 42.9 Å². The van der Waals surface area contributed by atoms with Gasteiger partial charge >= 0.3 is 0 Å². The van der Waals surface area contributed by atoms with Gasteiger partial charge in [0.25, 0.3) is 0 Å². The van der Waals surface area contributed by atoms with E-state index in [0.29, 0.717) is 30.3 Å². The summed E-state index contributed by atoms with van der Waals surface area (Å²) in [6.07, 6.45) is 7.61. The Labute approximate surface area is 188 Å². The molecule has 0 spiro atoms. The molecule has 32 heavy (non-hydrogen) atoms. The molecule has 1 aliphatic heterocycles. The number of aryl methyl sites for hydroxylation is 2. The molecule has 1 fully saturated rings. The van der Waals surface area contributed by atoms with E-state index in [-0.39, 0.29) is 11.9 Å². The number of pyridine rings is 1. The summed E-state index contributed by atoms with van der Waals surface area (Å²) in [6, 6.07) is 7.51. The quantitative estimate of drug-likeness (QED) is 0.584. The molecule has 0 bridgehead atoms. The zero-order chi connectivity index (χ0) is 22.7. The molecule has 7 nitrogen and oxygen atoms in total. The number of carbonyl (C=O) groups excluding carboxylic acids is 1. The molecule has 0 radical (unpaired) electrons. The molecule has 4 rings (SSSR count). The molecule has 1 saturated heterocycles. The van der Waals surface area contributed by atoms with Crippen LogP contribution in [0.2, 0.25) is 0 Å². The normalized spacial score (nSPS) is 15.6. The van der Waals surface area contributed by atoms with Crippen LogP contribution in [0.3, 0.4) is 0 Å². The van der Waals surface area contributed by atoms with Crippen LogP contribution in [0, 0.1) is 13.8 Å². The van der Waals surface area contributed by atoms with Gasteiger partial charge in [-0.15, -0.1) is 0 Å². The molecule has 3 aromatic rings. The Morgan fingerprint density at radius 3 is 2.66 bits per heavy atom. The number of amides is 1. The maximum Gasteiger partial charge on any atom is 0.227 e. The summed E-state index contributed by atoms with van der Waals surface area (Å²) in [6.45, 7) is 4.63. The lowest BCUT2D eigenvalue weighted by atomic mass is 9.97. The van der Waals surface area contributed by atoms with Crippen LogP contribution in [-0.4, -0.2) is 46.5 Å². The number of nitrogens with zero attached hydrogens (tertiary/aromatic N) is 4. The van der Waals surface area contributed by atoms with Gasteiger partial charge in [0.15, 0.2) is 11.5 Å². The molecule has 2 aromatic heterocycles. The van der Waals surface area contributed by atoms with E-state index in [2.05, 4.69) is 9.97 Å². The van der Waals surface area contributed by atoms with Gasteiger partial charge < -0.3 is 14.4 Å². The third kappa shape index (κ3) is 4.28. The molecule has 7 heteroatoms. The lowest BCUT2D eigenvalue weighted by Gasteiger charge is -2.26. The number of ether oxygens (including phenoxy) is 2. The van der Waals surface area contributed by atoms with E-state index >= 15 is 0 Å². The smallest absolute Gasteiger partial charge is 0.227 e. The van der Waals surface area contributed by atoms with Crippen LogP contribution >= 0.6 is 0 Å². The fourth-order valence-electron chi connectivity index (χ4n) is 4.34. The van der Waals surface area contributed by atoms with Crippen LogP contribution in [0.5, 0.6) is 11.5 Å². The number of hydrogen-bond acceptors (Lipinski definition) is 6. The van der Waals surface area contributed by atoms with Gasteiger partial charge in [0, 0.05) is 30.7 Å². The fourth-order valence-corrected chi connectivity index (χ4v) is 4.34. The summed E-state index contributed by atoms with van der Waals surface area (Å²) in [5.74, 6) is 2.05. The van der Waals surface area contributed by atoms with Crippen LogP contribution in [-0.2, 0) is 11.2 Å². The molecule has 1 aliphatic rings. The second-order valence-electron chi connectivity index (χ2n) is 8.02. The summed E-state index contributed by atoms with van der Waals surface area (Å²) in [7, 11) is 3.20. The zero-order valence-corrected chi connectivity index (χ0v) is 19.0. The van der Waals surface area contributed by atoms with Gasteiger partial charge in [0.05, 0.1) is 32.4 Å². The van der Waals surface area contributed by atoms with Crippen LogP contribution in [0.4, 0.5) is 0 Å². The molecule has 166 valence electrons. The highest BCUT2D eigenvalue weighted by atomic mass is 16.5. The van der Waals surface area contributed by atoms with Crippen molar-refractivity contribution in [2.24, 2.45) is 0 Å². The van der Waals surface area contributed by atoms with Gasteiger partial charge in [0.1, 0.15) is 5.82 Å². The molecule has 0 aliphatic carbocycles. The third-order valence-corrected chi connectivity index (χ3v) is 5.94. The number of hydrogen-bond donors (Lipinski definition) is 0. The van der Waals surface area contributed by atoms with Crippen molar-refractivity contribution in [3.05, 3.63) is 65.5 Å². The Morgan fingerprint density at radius 2 is 1.91 bits per heavy atom. The monoisotopic (exact) mass is 432 g/mol. The Bertz CT molecular complexity index is 1130. The summed E-state index contributed by atoms with van der Waals surface area (Å²) >= 11 is 0. The minimum atomic E-state index is -0.0769. The first-order valence-electron chi connectivity index (χ1n) is 10.8. The molecule has 1 atom stereocenters. The van der Waals surface area contributed by atoms with Gasteiger partial charge in [-0.2, -0.15) is 0 Å². The highest BCUT2D eigenvalue weighted by molar-refractivity contribution is 5.80. The van der Waals surface area contributed by atoms with Crippen molar-refractivity contribution in [2.45, 2.75) is 39.2 Å². The summed E-state index contributed by atoms with van der Waals surface area (Å²) in [5, 5.41) is 0. The Balaban J connectivity index is 1.64. The first kappa shape index (κ1) is 21.7. The Kier molecular flexibility index (Phi) is 6.35. The highest BCUT2D eigenvalue weighted by Crippen LogP contribution is 2.37. The lowest BCUT2D eigenvalue weighted by molar-refractivity contribution is -0.131. The zero-order valence-electron chi connectivity index (χ0n) is 19.0. The number of aromatic nitrogens is 3. The van der Waals surface area contributed by atoms with E-state index in [0.717, 1.165) is 40.8 Å². The maximum atomic E-state index is 13.4. The van der Waals surface area contributed by atoms with E-state index in [1.165, 1.54) is 0 Å². The van der Waals surface area contributed by atoms with Crippen LogP contribution in [0.25, 0.3) is 11.1 Å². The standard InChI is InChI=1S/C25H28N4O3/c1-16-14-26-10-9-19(16)20-15-27-17(2)28-25(20)21-6-5-11-29(21)24(30)13-18-7-8-22(31-3)23(12-18)32-4/h7-10,12,14-15,21H,5-6,11,13H2,1-4H3/t21-/m0/s1. The minimum Gasteiger partial charge on any atom is -0.493 e. The topological polar surface area (TPSA) is 77.4 Å². The molecule has 1 amide bonds. The molecule has 1 aromatic carbocycles. The second-order valence-corrected chi connectivity index (χ2v) is 8.02. The van der Waals surface area contributed by atoms with Crippen molar-refractivity contribution < 1.29 is 14.3 Å². The van der Waals surface area contributed by atoms with Crippen molar-refractivity contribution in [1.82, 2.24) is 19.9 Å². The van der Waals surface area contributed by atoms with Crippen molar-refractivity contribution in [1.29, 1.82) is 0 Å². The third-order valence-electron chi connectivity index (χ3n) is 5.94. The van der Waals surface area contributed by atoms with Crippen molar-refractivity contribution in [3.63, 3.8) is 0 Å². The predicted molar refractivity (Wildman–Crippen MR) is 122 cm³/mol. The van der Waals surface area contributed by atoms with Crippen LogP contribution < -0.4 is 9.47 Å². The van der Waals surface area contributed by atoms with E-state index in [4.69, 9.17) is 14.5 Å². The van der Waals surface area contributed by atoms with Gasteiger partial charge in [-0.3, -0.25) is 9.78 Å². The molecule has 3 heterocycles. The van der Waals surface area contributed by atoms with Gasteiger partial charge in [-0.25, -0.2) is 9.97 Å². The molecule has 0 saturated carbocycles. The number of methoxy groups -OCH3 is 2. The maximum absolute atomic E-state index is 13.4. The first-order valence-corrected chi connectivity index (χ1v) is 10.8. The number of carbonyl (C=O) groups is 1.